The summed E-state index contributed by atoms with van der Waals surface area (Å²) in [7, 11) is 0. The Morgan fingerprint density at radius 1 is 1.09 bits per heavy atom. The normalized spacial score (nSPS) is 19.6. The second-order valence-electron chi connectivity index (χ2n) is 9.14. The molecule has 2 aliphatic heterocycles. The van der Waals surface area contributed by atoms with Gasteiger partial charge in [0.2, 0.25) is 11.8 Å². The van der Waals surface area contributed by atoms with Gasteiger partial charge < -0.3 is 15.5 Å². The number of benzene rings is 1. The van der Waals surface area contributed by atoms with E-state index < -0.39 is 0 Å². The van der Waals surface area contributed by atoms with Crippen LogP contribution in [0, 0.1) is 12.8 Å². The van der Waals surface area contributed by atoms with Crippen molar-refractivity contribution in [1.29, 1.82) is 0 Å². The molecule has 0 saturated carbocycles. The summed E-state index contributed by atoms with van der Waals surface area (Å²) < 4.78 is 1.90. The molecule has 1 atom stereocenters. The van der Waals surface area contributed by atoms with Crippen molar-refractivity contribution in [3.8, 4) is 5.69 Å². The molecule has 3 heterocycles. The fourth-order valence-corrected chi connectivity index (χ4v) is 5.14. The third-order valence-electron chi connectivity index (χ3n) is 6.92. The zero-order valence-electron chi connectivity index (χ0n) is 20.0. The molecule has 0 radical (unpaired) electrons. The van der Waals surface area contributed by atoms with Crippen LogP contribution >= 0.6 is 0 Å². The van der Waals surface area contributed by atoms with Crippen LogP contribution in [0.15, 0.2) is 30.3 Å². The average molecular weight is 453 g/mol. The molecule has 178 valence electrons. The second kappa shape index (κ2) is 10.4. The van der Waals surface area contributed by atoms with E-state index in [1.165, 1.54) is 19.8 Å². The number of likely N-dealkylation sites (N-methyl/N-ethyl adjacent to an activating group) is 1. The van der Waals surface area contributed by atoms with Gasteiger partial charge in [-0.25, -0.2) is 4.68 Å². The minimum atomic E-state index is -0.116. The van der Waals surface area contributed by atoms with E-state index in [-0.39, 0.29) is 17.7 Å². The van der Waals surface area contributed by atoms with E-state index in [0.717, 1.165) is 68.5 Å². The number of hydrogen-bond donors (Lipinski definition) is 2. The largest absolute Gasteiger partial charge is 0.355 e. The minimum Gasteiger partial charge on any atom is -0.355 e. The van der Waals surface area contributed by atoms with E-state index in [2.05, 4.69) is 27.4 Å². The molecular weight excluding hydrogens is 416 g/mol. The first-order valence-corrected chi connectivity index (χ1v) is 12.2. The van der Waals surface area contributed by atoms with Gasteiger partial charge in [-0.15, -0.1) is 0 Å². The van der Waals surface area contributed by atoms with Crippen molar-refractivity contribution in [2.75, 3.05) is 42.9 Å². The van der Waals surface area contributed by atoms with Gasteiger partial charge in [-0.05, 0) is 57.8 Å². The highest BCUT2D eigenvalue weighted by atomic mass is 16.2. The number of carbonyl (C=O) groups is 2. The number of likely N-dealkylation sites (tertiary alicyclic amines) is 1. The Hall–Kier alpha value is -2.87. The van der Waals surface area contributed by atoms with Gasteiger partial charge in [0.25, 0.3) is 0 Å². The zero-order chi connectivity index (χ0) is 23.4. The van der Waals surface area contributed by atoms with E-state index in [0.29, 0.717) is 6.04 Å². The summed E-state index contributed by atoms with van der Waals surface area (Å²) in [5.41, 5.74) is 2.47. The van der Waals surface area contributed by atoms with Gasteiger partial charge in [0.15, 0.2) is 5.82 Å². The van der Waals surface area contributed by atoms with Crippen molar-refractivity contribution in [1.82, 2.24) is 20.0 Å². The predicted octanol–water partition coefficient (Wildman–Crippen LogP) is 2.96. The molecule has 0 spiro atoms. The van der Waals surface area contributed by atoms with E-state index in [9.17, 15) is 9.59 Å². The number of para-hydroxylation sites is 1. The first-order chi connectivity index (χ1) is 16.0. The van der Waals surface area contributed by atoms with Crippen LogP contribution in [0.1, 0.15) is 45.2 Å². The molecule has 2 aliphatic rings. The van der Waals surface area contributed by atoms with Gasteiger partial charge in [0.05, 0.1) is 11.4 Å². The van der Waals surface area contributed by atoms with Crippen LogP contribution in [0.25, 0.3) is 5.69 Å². The summed E-state index contributed by atoms with van der Waals surface area (Å²) in [4.78, 5) is 29.5. The molecule has 2 amide bonds. The smallest absolute Gasteiger partial charge is 0.223 e. The summed E-state index contributed by atoms with van der Waals surface area (Å²) in [5.74, 6) is 0.968. The van der Waals surface area contributed by atoms with Crippen molar-refractivity contribution in [3.63, 3.8) is 0 Å². The van der Waals surface area contributed by atoms with Crippen LogP contribution in [0.5, 0.6) is 0 Å². The Balaban J connectivity index is 1.44. The molecule has 33 heavy (non-hydrogen) atoms. The standard InChI is InChI=1S/C25H36N6O2/c1-4-29-14-8-11-22(29)17-26-24(33)20-12-15-30(16-13-20)25-23(27-19(3)32)18(2)28-31(25)21-9-6-5-7-10-21/h5-7,9-10,20,22H,4,8,11-17H2,1-3H3,(H,26,33)(H,27,32). The molecule has 1 unspecified atom stereocenters. The number of aromatic nitrogens is 2. The zero-order valence-corrected chi connectivity index (χ0v) is 20.0. The second-order valence-corrected chi connectivity index (χ2v) is 9.14. The number of anilines is 2. The molecule has 0 aliphatic carbocycles. The molecule has 2 fully saturated rings. The maximum atomic E-state index is 12.9. The van der Waals surface area contributed by atoms with Gasteiger partial charge in [0.1, 0.15) is 5.69 Å². The Morgan fingerprint density at radius 2 is 1.82 bits per heavy atom. The number of hydrogen-bond acceptors (Lipinski definition) is 5. The minimum absolute atomic E-state index is 0.0242. The average Bonchev–Trinajstić information content (AvgIpc) is 3.42. The molecule has 8 heteroatoms. The highest BCUT2D eigenvalue weighted by molar-refractivity contribution is 5.93. The lowest BCUT2D eigenvalue weighted by molar-refractivity contribution is -0.125. The van der Waals surface area contributed by atoms with Crippen LogP contribution in [0.3, 0.4) is 0 Å². The van der Waals surface area contributed by atoms with Crippen molar-refractivity contribution < 1.29 is 9.59 Å². The number of aryl methyl sites for hydroxylation is 1. The van der Waals surface area contributed by atoms with Gasteiger partial charge in [-0.2, -0.15) is 5.10 Å². The van der Waals surface area contributed by atoms with E-state index in [1.807, 2.05) is 41.9 Å². The van der Waals surface area contributed by atoms with Gasteiger partial charge in [0, 0.05) is 38.5 Å². The number of piperidine rings is 1. The van der Waals surface area contributed by atoms with Crippen molar-refractivity contribution in [2.24, 2.45) is 5.92 Å². The number of nitrogens with zero attached hydrogens (tertiary/aromatic N) is 4. The molecule has 4 rings (SSSR count). The maximum Gasteiger partial charge on any atom is 0.223 e. The Kier molecular flexibility index (Phi) is 7.33. The fourth-order valence-electron chi connectivity index (χ4n) is 5.14. The Morgan fingerprint density at radius 3 is 2.48 bits per heavy atom. The first-order valence-electron chi connectivity index (χ1n) is 12.2. The monoisotopic (exact) mass is 452 g/mol. The van der Waals surface area contributed by atoms with Crippen LogP contribution in [0.4, 0.5) is 11.5 Å². The first kappa shape index (κ1) is 23.3. The van der Waals surface area contributed by atoms with Crippen LogP contribution in [-0.2, 0) is 9.59 Å². The molecule has 2 N–H and O–H groups in total. The van der Waals surface area contributed by atoms with Crippen LogP contribution in [-0.4, -0.2) is 65.3 Å². The Labute approximate surface area is 196 Å². The van der Waals surface area contributed by atoms with Gasteiger partial charge in [-0.3, -0.25) is 14.5 Å². The quantitative estimate of drug-likeness (QED) is 0.675. The van der Waals surface area contributed by atoms with Crippen LogP contribution < -0.4 is 15.5 Å². The van der Waals surface area contributed by atoms with Gasteiger partial charge >= 0.3 is 0 Å². The highest BCUT2D eigenvalue weighted by Gasteiger charge is 2.31. The lowest BCUT2D eigenvalue weighted by atomic mass is 9.95. The summed E-state index contributed by atoms with van der Waals surface area (Å²) in [6, 6.07) is 10.4. The number of amides is 2. The third kappa shape index (κ3) is 5.21. The molecule has 0 bridgehead atoms. The van der Waals surface area contributed by atoms with Crippen molar-refractivity contribution >= 4 is 23.3 Å². The fraction of sp³-hybridized carbons (Fsp3) is 0.560. The summed E-state index contributed by atoms with van der Waals surface area (Å²) in [6.45, 7) is 10.0. The SMILES string of the molecule is CCN1CCCC1CNC(=O)C1CCN(c2c(NC(C)=O)c(C)nn2-c2ccccc2)CC1. The molecule has 8 nitrogen and oxygen atoms in total. The van der Waals surface area contributed by atoms with Gasteiger partial charge in [-0.1, -0.05) is 25.1 Å². The van der Waals surface area contributed by atoms with Crippen molar-refractivity contribution in [3.05, 3.63) is 36.0 Å². The lowest BCUT2D eigenvalue weighted by Gasteiger charge is -2.34. The number of rotatable bonds is 7. The maximum absolute atomic E-state index is 12.9. The molecular formula is C25H36N6O2. The van der Waals surface area contributed by atoms with E-state index in [1.54, 1.807) is 0 Å². The topological polar surface area (TPSA) is 82.5 Å². The number of carbonyl (C=O) groups excluding carboxylic acids is 2. The van der Waals surface area contributed by atoms with Crippen LogP contribution in [0.2, 0.25) is 0 Å². The lowest BCUT2D eigenvalue weighted by Crippen LogP contribution is -2.45. The summed E-state index contributed by atoms with van der Waals surface area (Å²) in [6.07, 6.45) is 3.96. The molecule has 1 aromatic carbocycles. The predicted molar refractivity (Wildman–Crippen MR) is 131 cm³/mol. The van der Waals surface area contributed by atoms with E-state index in [4.69, 9.17) is 5.10 Å². The third-order valence-corrected chi connectivity index (χ3v) is 6.92. The van der Waals surface area contributed by atoms with E-state index >= 15 is 0 Å². The number of nitrogens with one attached hydrogen (secondary N) is 2. The van der Waals surface area contributed by atoms with Crippen molar-refractivity contribution in [2.45, 2.75) is 52.5 Å². The molecule has 2 aromatic rings. The summed E-state index contributed by atoms with van der Waals surface area (Å²) >= 11 is 0. The molecule has 2 saturated heterocycles. The molecule has 1 aromatic heterocycles. The Bertz CT molecular complexity index is 965. The summed E-state index contributed by atoms with van der Waals surface area (Å²) in [5, 5.41) is 10.9. The highest BCUT2D eigenvalue weighted by Crippen LogP contribution is 2.34.